The number of rotatable bonds is 1. The molecular weight excluding hydrogens is 168 g/mol. The summed E-state index contributed by atoms with van der Waals surface area (Å²) in [6.45, 7) is 0. The van der Waals surface area contributed by atoms with E-state index in [1.165, 1.54) is 0 Å². The molecular formula is C7H3F2NO2. The summed E-state index contributed by atoms with van der Waals surface area (Å²) in [4.78, 5) is 12.6. The Kier molecular flexibility index (Phi) is 2.16. The van der Waals surface area contributed by atoms with Crippen molar-refractivity contribution in [3.05, 3.63) is 23.8 Å². The van der Waals surface area contributed by atoms with Crippen LogP contribution in [0.5, 0.6) is 5.75 Å². The van der Waals surface area contributed by atoms with Crippen LogP contribution in [0.15, 0.2) is 17.1 Å². The molecule has 0 radical (unpaired) electrons. The van der Waals surface area contributed by atoms with E-state index in [4.69, 9.17) is 5.11 Å². The van der Waals surface area contributed by atoms with Gasteiger partial charge in [0.05, 0.1) is 0 Å². The van der Waals surface area contributed by atoms with Gasteiger partial charge in [-0.05, 0) is 12.1 Å². The van der Waals surface area contributed by atoms with Crippen molar-refractivity contribution in [2.75, 3.05) is 0 Å². The molecule has 1 rings (SSSR count). The quantitative estimate of drug-likeness (QED) is 0.515. The molecule has 62 valence electrons. The van der Waals surface area contributed by atoms with Crippen LogP contribution in [0.1, 0.15) is 0 Å². The minimum atomic E-state index is -1.42. The van der Waals surface area contributed by atoms with E-state index in [2.05, 4.69) is 4.99 Å². The lowest BCUT2D eigenvalue weighted by Gasteiger charge is -1.97. The minimum absolute atomic E-state index is 0.344. The molecule has 1 aromatic carbocycles. The molecule has 5 heteroatoms. The summed E-state index contributed by atoms with van der Waals surface area (Å²) < 4.78 is 24.8. The summed E-state index contributed by atoms with van der Waals surface area (Å²) in [5.74, 6) is -3.61. The summed E-state index contributed by atoms with van der Waals surface area (Å²) in [7, 11) is 0. The fourth-order valence-electron chi connectivity index (χ4n) is 0.669. The highest BCUT2D eigenvalue weighted by Crippen LogP contribution is 2.29. The van der Waals surface area contributed by atoms with Gasteiger partial charge in [0.2, 0.25) is 11.9 Å². The van der Waals surface area contributed by atoms with Crippen molar-refractivity contribution in [1.29, 1.82) is 0 Å². The zero-order chi connectivity index (χ0) is 9.14. The number of phenols is 1. The average molecular weight is 171 g/mol. The third-order valence-corrected chi connectivity index (χ3v) is 1.21. The molecule has 0 heterocycles. The SMILES string of the molecule is O=C=Nc1ccc(F)c(F)c1O. The maximum Gasteiger partial charge on any atom is 0.240 e. The number of nitrogens with zero attached hydrogens (tertiary/aromatic N) is 1. The molecule has 0 spiro atoms. The van der Waals surface area contributed by atoms with Crippen molar-refractivity contribution in [2.45, 2.75) is 0 Å². The van der Waals surface area contributed by atoms with E-state index in [-0.39, 0.29) is 5.69 Å². The van der Waals surface area contributed by atoms with Crippen LogP contribution in [0.2, 0.25) is 0 Å². The van der Waals surface area contributed by atoms with Crippen LogP contribution in [-0.2, 0) is 4.79 Å². The second-order valence-corrected chi connectivity index (χ2v) is 1.93. The lowest BCUT2D eigenvalue weighted by atomic mass is 10.3. The van der Waals surface area contributed by atoms with Crippen molar-refractivity contribution in [3.63, 3.8) is 0 Å². The Bertz CT molecular complexity index is 359. The number of isocyanates is 1. The van der Waals surface area contributed by atoms with Gasteiger partial charge in [0.25, 0.3) is 0 Å². The van der Waals surface area contributed by atoms with E-state index in [9.17, 15) is 13.6 Å². The van der Waals surface area contributed by atoms with Gasteiger partial charge in [0, 0.05) is 0 Å². The molecule has 0 fully saturated rings. The van der Waals surface area contributed by atoms with E-state index in [0.29, 0.717) is 0 Å². The topological polar surface area (TPSA) is 49.7 Å². The standard InChI is InChI=1S/C7H3F2NO2/c8-4-1-2-5(10-3-11)7(12)6(4)9/h1-2,12H. The van der Waals surface area contributed by atoms with Crippen molar-refractivity contribution in [2.24, 2.45) is 4.99 Å². The molecule has 0 aliphatic carbocycles. The summed E-state index contributed by atoms with van der Waals surface area (Å²) in [6.07, 6.45) is 1.10. The first kappa shape index (κ1) is 8.36. The van der Waals surface area contributed by atoms with Gasteiger partial charge in [0.1, 0.15) is 5.69 Å². The second-order valence-electron chi connectivity index (χ2n) is 1.93. The van der Waals surface area contributed by atoms with Crippen LogP contribution >= 0.6 is 0 Å². The second kappa shape index (κ2) is 3.11. The molecule has 0 saturated heterocycles. The number of phenolic OH excluding ortho intramolecular Hbond substituents is 1. The first-order chi connectivity index (χ1) is 5.66. The van der Waals surface area contributed by atoms with Crippen LogP contribution in [0, 0.1) is 11.6 Å². The van der Waals surface area contributed by atoms with Crippen molar-refractivity contribution >= 4 is 11.8 Å². The molecule has 0 aliphatic rings. The molecule has 0 aromatic heterocycles. The smallest absolute Gasteiger partial charge is 0.240 e. The van der Waals surface area contributed by atoms with Gasteiger partial charge in [-0.25, -0.2) is 9.18 Å². The fourth-order valence-corrected chi connectivity index (χ4v) is 0.669. The number of aliphatic imine (C=N–C) groups is 1. The van der Waals surface area contributed by atoms with Crippen molar-refractivity contribution < 1.29 is 18.7 Å². The summed E-state index contributed by atoms with van der Waals surface area (Å²) >= 11 is 0. The lowest BCUT2D eigenvalue weighted by Crippen LogP contribution is -1.83. The Balaban J connectivity index is 3.35. The molecule has 0 saturated carbocycles. The zero-order valence-electron chi connectivity index (χ0n) is 5.71. The maximum absolute atomic E-state index is 12.5. The molecule has 1 aromatic rings. The Morgan fingerprint density at radius 3 is 2.67 bits per heavy atom. The van der Waals surface area contributed by atoms with Gasteiger partial charge in [0.15, 0.2) is 11.6 Å². The van der Waals surface area contributed by atoms with E-state index in [0.717, 1.165) is 18.2 Å². The third kappa shape index (κ3) is 1.31. The Morgan fingerprint density at radius 2 is 2.08 bits per heavy atom. The molecule has 0 amide bonds. The van der Waals surface area contributed by atoms with Crippen molar-refractivity contribution in [1.82, 2.24) is 0 Å². The van der Waals surface area contributed by atoms with Crippen LogP contribution in [0.3, 0.4) is 0 Å². The summed E-state index contributed by atoms with van der Waals surface area (Å²) in [6, 6.07) is 1.73. The first-order valence-corrected chi connectivity index (χ1v) is 2.91. The monoisotopic (exact) mass is 171 g/mol. The highest BCUT2D eigenvalue weighted by molar-refractivity contribution is 5.57. The highest BCUT2D eigenvalue weighted by atomic mass is 19.2. The van der Waals surface area contributed by atoms with Crippen LogP contribution in [-0.4, -0.2) is 11.2 Å². The molecule has 1 N–H and O–H groups in total. The van der Waals surface area contributed by atoms with Gasteiger partial charge in [-0.15, -0.1) is 0 Å². The Morgan fingerprint density at radius 1 is 1.42 bits per heavy atom. The van der Waals surface area contributed by atoms with Crippen LogP contribution < -0.4 is 0 Å². The molecule has 0 aliphatic heterocycles. The van der Waals surface area contributed by atoms with Gasteiger partial charge in [-0.2, -0.15) is 9.38 Å². The fraction of sp³-hybridized carbons (Fsp3) is 0. The molecule has 0 unspecified atom stereocenters. The minimum Gasteiger partial charge on any atom is -0.503 e. The van der Waals surface area contributed by atoms with Gasteiger partial charge < -0.3 is 5.11 Å². The third-order valence-electron chi connectivity index (χ3n) is 1.21. The summed E-state index contributed by atoms with van der Waals surface area (Å²) in [5.41, 5.74) is -0.344. The Hall–Kier alpha value is -1.74. The number of aromatic hydroxyl groups is 1. The zero-order valence-corrected chi connectivity index (χ0v) is 5.71. The van der Waals surface area contributed by atoms with Gasteiger partial charge >= 0.3 is 0 Å². The van der Waals surface area contributed by atoms with E-state index in [1.54, 1.807) is 0 Å². The largest absolute Gasteiger partial charge is 0.503 e. The lowest BCUT2D eigenvalue weighted by molar-refractivity contribution is 0.408. The number of hydrogen-bond acceptors (Lipinski definition) is 3. The van der Waals surface area contributed by atoms with Crippen molar-refractivity contribution in [3.8, 4) is 5.75 Å². The van der Waals surface area contributed by atoms with E-state index >= 15 is 0 Å². The normalized spacial score (nSPS) is 9.17. The van der Waals surface area contributed by atoms with Gasteiger partial charge in [-0.1, -0.05) is 0 Å². The number of carbonyl (C=O) groups excluding carboxylic acids is 1. The van der Waals surface area contributed by atoms with Crippen LogP contribution in [0.4, 0.5) is 14.5 Å². The first-order valence-electron chi connectivity index (χ1n) is 2.91. The predicted molar refractivity (Wildman–Crippen MR) is 35.8 cm³/mol. The van der Waals surface area contributed by atoms with Gasteiger partial charge in [-0.3, -0.25) is 0 Å². The number of halogens is 2. The van der Waals surface area contributed by atoms with E-state index < -0.39 is 17.4 Å². The molecule has 0 bridgehead atoms. The molecule has 0 atom stereocenters. The Labute approximate surface area is 66.0 Å². The highest BCUT2D eigenvalue weighted by Gasteiger charge is 2.11. The van der Waals surface area contributed by atoms with Crippen LogP contribution in [0.25, 0.3) is 0 Å². The number of benzene rings is 1. The number of hydrogen-bond donors (Lipinski definition) is 1. The summed E-state index contributed by atoms with van der Waals surface area (Å²) in [5, 5.41) is 8.82. The van der Waals surface area contributed by atoms with E-state index in [1.807, 2.05) is 0 Å². The molecule has 3 nitrogen and oxygen atoms in total. The maximum atomic E-state index is 12.5. The average Bonchev–Trinajstić information content (AvgIpc) is 2.07. The molecule has 12 heavy (non-hydrogen) atoms. The predicted octanol–water partition coefficient (Wildman–Crippen LogP) is 1.64.